The van der Waals surface area contributed by atoms with Gasteiger partial charge in [-0.05, 0) is 44.1 Å². The molecule has 0 bridgehead atoms. The maximum Gasteiger partial charge on any atom is 0.165 e. The van der Waals surface area contributed by atoms with Crippen LogP contribution in [0.25, 0.3) is 0 Å². The summed E-state index contributed by atoms with van der Waals surface area (Å²) >= 11 is 0. The van der Waals surface area contributed by atoms with Gasteiger partial charge in [0.05, 0.1) is 7.11 Å². The van der Waals surface area contributed by atoms with Crippen molar-refractivity contribution in [1.29, 1.82) is 0 Å². The Hall–Kier alpha value is -0.840. The van der Waals surface area contributed by atoms with E-state index in [9.17, 15) is 4.39 Å². The number of benzene rings is 1. The van der Waals surface area contributed by atoms with Crippen LogP contribution in [0.1, 0.15) is 18.4 Å². The highest BCUT2D eigenvalue weighted by atomic mass is 35.5. The van der Waals surface area contributed by atoms with Crippen LogP contribution in [0.2, 0.25) is 0 Å². The average Bonchev–Trinajstić information content (AvgIpc) is 2.78. The Labute approximate surface area is 120 Å². The second kappa shape index (κ2) is 7.68. The quantitative estimate of drug-likeness (QED) is 0.901. The van der Waals surface area contributed by atoms with Crippen molar-refractivity contribution >= 4 is 12.4 Å². The van der Waals surface area contributed by atoms with Crippen LogP contribution in [-0.2, 0) is 6.54 Å². The largest absolute Gasteiger partial charge is 0.494 e. The second-order valence-electron chi connectivity index (χ2n) is 4.79. The van der Waals surface area contributed by atoms with Gasteiger partial charge in [-0.15, -0.1) is 12.4 Å². The van der Waals surface area contributed by atoms with Crippen LogP contribution in [0.15, 0.2) is 18.2 Å². The minimum Gasteiger partial charge on any atom is -0.494 e. The number of nitrogens with one attached hydrogen (secondary N) is 1. The van der Waals surface area contributed by atoms with Crippen molar-refractivity contribution in [3.8, 4) is 5.75 Å². The molecule has 1 fully saturated rings. The Morgan fingerprint density at radius 2 is 2.26 bits per heavy atom. The minimum absolute atomic E-state index is 0. The molecule has 1 heterocycles. The molecule has 2 rings (SSSR count). The molecule has 1 saturated heterocycles. The number of methoxy groups -OCH3 is 1. The smallest absolute Gasteiger partial charge is 0.165 e. The maximum absolute atomic E-state index is 13.6. The van der Waals surface area contributed by atoms with E-state index in [1.165, 1.54) is 20.0 Å². The van der Waals surface area contributed by atoms with E-state index in [-0.39, 0.29) is 18.2 Å². The zero-order valence-corrected chi connectivity index (χ0v) is 12.3. The monoisotopic (exact) mass is 288 g/mol. The van der Waals surface area contributed by atoms with Crippen molar-refractivity contribution in [2.75, 3.05) is 27.2 Å². The summed E-state index contributed by atoms with van der Waals surface area (Å²) in [7, 11) is 3.46. The van der Waals surface area contributed by atoms with Gasteiger partial charge < -0.3 is 10.1 Å². The summed E-state index contributed by atoms with van der Waals surface area (Å²) < 4.78 is 18.5. The van der Waals surface area contributed by atoms with Gasteiger partial charge in [-0.1, -0.05) is 6.07 Å². The Kier molecular flexibility index (Phi) is 6.55. The molecule has 1 aliphatic rings. The SMILES string of the molecule is CNCC1CCCN1Cc1ccc(OC)c(F)c1.Cl. The van der Waals surface area contributed by atoms with E-state index >= 15 is 0 Å². The molecule has 5 heteroatoms. The van der Waals surface area contributed by atoms with Gasteiger partial charge in [0, 0.05) is 19.1 Å². The fourth-order valence-electron chi connectivity index (χ4n) is 2.61. The summed E-state index contributed by atoms with van der Waals surface area (Å²) in [5, 5.41) is 3.22. The summed E-state index contributed by atoms with van der Waals surface area (Å²) in [5.74, 6) is 0.0336. The van der Waals surface area contributed by atoms with E-state index in [1.54, 1.807) is 12.1 Å². The Morgan fingerprint density at radius 3 is 2.89 bits per heavy atom. The predicted octanol–water partition coefficient (Wildman–Crippen LogP) is 2.44. The number of ether oxygens (including phenoxy) is 1. The number of hydrogen-bond donors (Lipinski definition) is 1. The molecule has 19 heavy (non-hydrogen) atoms. The third-order valence-electron chi connectivity index (χ3n) is 3.54. The van der Waals surface area contributed by atoms with Gasteiger partial charge in [0.1, 0.15) is 0 Å². The molecule has 0 amide bonds. The first-order chi connectivity index (χ1) is 8.74. The topological polar surface area (TPSA) is 24.5 Å². The number of rotatable bonds is 5. The van der Waals surface area contributed by atoms with E-state index in [2.05, 4.69) is 10.2 Å². The Morgan fingerprint density at radius 1 is 1.47 bits per heavy atom. The van der Waals surface area contributed by atoms with Gasteiger partial charge in [-0.25, -0.2) is 4.39 Å². The lowest BCUT2D eigenvalue weighted by Gasteiger charge is -2.24. The molecule has 1 aromatic carbocycles. The molecule has 1 aromatic rings. The van der Waals surface area contributed by atoms with Crippen LogP contribution >= 0.6 is 12.4 Å². The van der Waals surface area contributed by atoms with Crippen molar-refractivity contribution in [3.05, 3.63) is 29.6 Å². The maximum atomic E-state index is 13.6. The van der Waals surface area contributed by atoms with Crippen molar-refractivity contribution in [1.82, 2.24) is 10.2 Å². The highest BCUT2D eigenvalue weighted by molar-refractivity contribution is 5.85. The first-order valence-electron chi connectivity index (χ1n) is 6.45. The fourth-order valence-corrected chi connectivity index (χ4v) is 2.61. The van der Waals surface area contributed by atoms with Crippen LogP contribution in [0.4, 0.5) is 4.39 Å². The first-order valence-corrected chi connectivity index (χ1v) is 6.45. The summed E-state index contributed by atoms with van der Waals surface area (Å²) in [5.41, 5.74) is 1.01. The van der Waals surface area contributed by atoms with Gasteiger partial charge >= 0.3 is 0 Å². The first kappa shape index (κ1) is 16.2. The number of nitrogens with zero attached hydrogens (tertiary/aromatic N) is 1. The minimum atomic E-state index is -0.278. The number of hydrogen-bond acceptors (Lipinski definition) is 3. The molecular weight excluding hydrogens is 267 g/mol. The summed E-state index contributed by atoms with van der Waals surface area (Å²) in [6.07, 6.45) is 2.45. The zero-order valence-electron chi connectivity index (χ0n) is 11.5. The number of likely N-dealkylation sites (N-methyl/N-ethyl adjacent to an activating group) is 1. The third-order valence-corrected chi connectivity index (χ3v) is 3.54. The molecule has 0 radical (unpaired) electrons. The molecule has 1 aliphatic heterocycles. The van der Waals surface area contributed by atoms with Gasteiger partial charge in [0.15, 0.2) is 11.6 Å². The van der Waals surface area contributed by atoms with E-state index < -0.39 is 0 Å². The molecular formula is C14H22ClFN2O. The molecule has 108 valence electrons. The Bertz CT molecular complexity index is 403. The fraction of sp³-hybridized carbons (Fsp3) is 0.571. The normalized spacial score (nSPS) is 19.2. The summed E-state index contributed by atoms with van der Waals surface area (Å²) in [6.45, 7) is 2.91. The molecule has 0 aliphatic carbocycles. The lowest BCUT2D eigenvalue weighted by molar-refractivity contribution is 0.242. The second-order valence-corrected chi connectivity index (χ2v) is 4.79. The zero-order chi connectivity index (χ0) is 13.0. The van der Waals surface area contributed by atoms with Crippen LogP contribution in [0.3, 0.4) is 0 Å². The summed E-state index contributed by atoms with van der Waals surface area (Å²) in [4.78, 5) is 2.41. The van der Waals surface area contributed by atoms with Gasteiger partial charge in [0.25, 0.3) is 0 Å². The van der Waals surface area contributed by atoms with Crippen molar-refractivity contribution < 1.29 is 9.13 Å². The van der Waals surface area contributed by atoms with Crippen molar-refractivity contribution in [2.24, 2.45) is 0 Å². The van der Waals surface area contributed by atoms with E-state index in [0.717, 1.165) is 25.2 Å². The van der Waals surface area contributed by atoms with Crippen LogP contribution < -0.4 is 10.1 Å². The molecule has 1 N–H and O–H groups in total. The highest BCUT2D eigenvalue weighted by Gasteiger charge is 2.23. The number of likely N-dealkylation sites (tertiary alicyclic amines) is 1. The van der Waals surface area contributed by atoms with Crippen LogP contribution in [0, 0.1) is 5.82 Å². The van der Waals surface area contributed by atoms with E-state index in [0.29, 0.717) is 11.8 Å². The average molecular weight is 289 g/mol. The summed E-state index contributed by atoms with van der Waals surface area (Å²) in [6, 6.07) is 5.79. The van der Waals surface area contributed by atoms with E-state index in [4.69, 9.17) is 4.74 Å². The third kappa shape index (κ3) is 4.06. The molecule has 0 spiro atoms. The standard InChI is InChI=1S/C14H21FN2O.ClH/c1-16-9-12-4-3-7-17(12)10-11-5-6-14(18-2)13(15)8-11;/h5-6,8,12,16H,3-4,7,9-10H2,1-2H3;1H. The van der Waals surface area contributed by atoms with Crippen molar-refractivity contribution in [3.63, 3.8) is 0 Å². The Balaban J connectivity index is 0.00000180. The van der Waals surface area contributed by atoms with Crippen LogP contribution in [0.5, 0.6) is 5.75 Å². The van der Waals surface area contributed by atoms with Gasteiger partial charge in [0.2, 0.25) is 0 Å². The van der Waals surface area contributed by atoms with E-state index in [1.807, 2.05) is 13.1 Å². The molecule has 1 atom stereocenters. The lowest BCUT2D eigenvalue weighted by atomic mass is 10.1. The van der Waals surface area contributed by atoms with Gasteiger partial charge in [-0.2, -0.15) is 0 Å². The lowest BCUT2D eigenvalue weighted by Crippen LogP contribution is -2.36. The molecule has 1 unspecified atom stereocenters. The van der Waals surface area contributed by atoms with Crippen LogP contribution in [-0.4, -0.2) is 38.2 Å². The van der Waals surface area contributed by atoms with Gasteiger partial charge in [-0.3, -0.25) is 4.90 Å². The molecule has 3 nitrogen and oxygen atoms in total. The number of halogens is 2. The highest BCUT2D eigenvalue weighted by Crippen LogP contribution is 2.22. The molecule has 0 aromatic heterocycles. The van der Waals surface area contributed by atoms with Crippen molar-refractivity contribution in [2.45, 2.75) is 25.4 Å². The predicted molar refractivity (Wildman–Crippen MR) is 77.6 cm³/mol. The molecule has 0 saturated carbocycles.